The van der Waals surface area contributed by atoms with Crippen molar-refractivity contribution in [3.05, 3.63) is 35.9 Å². The first kappa shape index (κ1) is 19.5. The highest BCUT2D eigenvalue weighted by Gasteiger charge is 2.38. The first-order valence-corrected chi connectivity index (χ1v) is 8.90. The molecule has 24 heavy (non-hydrogen) atoms. The van der Waals surface area contributed by atoms with Gasteiger partial charge in [0.25, 0.3) is 0 Å². The van der Waals surface area contributed by atoms with Crippen LogP contribution in [0.25, 0.3) is 0 Å². The van der Waals surface area contributed by atoms with Crippen LogP contribution in [0, 0.1) is 5.92 Å². The Bertz CT molecular complexity index is 527. The van der Waals surface area contributed by atoms with Gasteiger partial charge in [-0.3, -0.25) is 4.99 Å². The van der Waals surface area contributed by atoms with Crippen LogP contribution < -0.4 is 10.6 Å². The Hall–Kier alpha value is -0.820. The fourth-order valence-electron chi connectivity index (χ4n) is 3.87. The van der Waals surface area contributed by atoms with E-state index in [1.165, 1.54) is 44.3 Å². The van der Waals surface area contributed by atoms with Crippen LogP contribution in [0.2, 0.25) is 0 Å². The van der Waals surface area contributed by atoms with E-state index >= 15 is 0 Å². The molecule has 2 aliphatic rings. The molecular formula is C19H31IN4. The Balaban J connectivity index is 0.00000208. The lowest BCUT2D eigenvalue weighted by atomic mass is 9.64. The van der Waals surface area contributed by atoms with E-state index in [9.17, 15) is 0 Å². The Kier molecular flexibility index (Phi) is 7.34. The summed E-state index contributed by atoms with van der Waals surface area (Å²) in [6.07, 6.45) is 5.16. The summed E-state index contributed by atoms with van der Waals surface area (Å²) in [7, 11) is 4.07. The van der Waals surface area contributed by atoms with Gasteiger partial charge in [0.2, 0.25) is 0 Å². The fourth-order valence-corrected chi connectivity index (χ4v) is 3.87. The van der Waals surface area contributed by atoms with E-state index in [2.05, 4.69) is 57.9 Å². The minimum absolute atomic E-state index is 0. The number of nitrogens with zero attached hydrogens (tertiary/aromatic N) is 2. The maximum atomic E-state index is 4.40. The van der Waals surface area contributed by atoms with Gasteiger partial charge in [-0.15, -0.1) is 24.0 Å². The molecule has 1 heterocycles. The average molecular weight is 442 g/mol. The van der Waals surface area contributed by atoms with Gasteiger partial charge in [-0.2, -0.15) is 0 Å². The molecule has 1 saturated carbocycles. The van der Waals surface area contributed by atoms with Gasteiger partial charge in [-0.05, 0) is 44.3 Å². The highest BCUT2D eigenvalue weighted by molar-refractivity contribution is 14.0. The highest BCUT2D eigenvalue weighted by atomic mass is 127. The van der Waals surface area contributed by atoms with E-state index in [1.807, 2.05) is 7.05 Å². The summed E-state index contributed by atoms with van der Waals surface area (Å²) in [5.41, 5.74) is 1.76. The minimum Gasteiger partial charge on any atom is -0.356 e. The Morgan fingerprint density at radius 2 is 2.00 bits per heavy atom. The molecule has 0 amide bonds. The van der Waals surface area contributed by atoms with Gasteiger partial charge in [0.05, 0.1) is 0 Å². The van der Waals surface area contributed by atoms with Crippen LogP contribution in [0.4, 0.5) is 0 Å². The van der Waals surface area contributed by atoms with Crippen LogP contribution in [0.5, 0.6) is 0 Å². The van der Waals surface area contributed by atoms with Crippen molar-refractivity contribution < 1.29 is 0 Å². The van der Waals surface area contributed by atoms with Gasteiger partial charge in [0.1, 0.15) is 0 Å². The van der Waals surface area contributed by atoms with Crippen molar-refractivity contribution in [2.45, 2.75) is 31.1 Å². The molecule has 1 aliphatic carbocycles. The molecule has 0 radical (unpaired) electrons. The summed E-state index contributed by atoms with van der Waals surface area (Å²) < 4.78 is 0. The number of benzene rings is 1. The predicted molar refractivity (Wildman–Crippen MR) is 112 cm³/mol. The molecule has 0 spiro atoms. The average Bonchev–Trinajstić information content (AvgIpc) is 2.96. The Morgan fingerprint density at radius 1 is 1.25 bits per heavy atom. The Morgan fingerprint density at radius 3 is 2.54 bits per heavy atom. The molecule has 1 aromatic carbocycles. The summed E-state index contributed by atoms with van der Waals surface area (Å²) in [6.45, 7) is 4.40. The molecule has 2 N–H and O–H groups in total. The summed E-state index contributed by atoms with van der Waals surface area (Å²) in [4.78, 5) is 6.81. The molecule has 1 unspecified atom stereocenters. The quantitative estimate of drug-likeness (QED) is 0.419. The van der Waals surface area contributed by atoms with Gasteiger partial charge < -0.3 is 15.5 Å². The second-order valence-corrected chi connectivity index (χ2v) is 7.22. The summed E-state index contributed by atoms with van der Waals surface area (Å²) in [5, 5.41) is 7.09. The van der Waals surface area contributed by atoms with Crippen molar-refractivity contribution in [2.24, 2.45) is 10.9 Å². The van der Waals surface area contributed by atoms with Gasteiger partial charge in [0.15, 0.2) is 5.96 Å². The fraction of sp³-hybridized carbons (Fsp3) is 0.632. The molecule has 1 aromatic rings. The SMILES string of the molecule is CN=C(NCC1CCN(C)C1)NCC1(c2ccccc2)CCC1.I. The number of rotatable bonds is 5. The number of hydrogen-bond acceptors (Lipinski definition) is 2. The lowest BCUT2D eigenvalue weighted by Gasteiger charge is -2.43. The number of aliphatic imine (C=N–C) groups is 1. The molecule has 1 aliphatic heterocycles. The maximum Gasteiger partial charge on any atom is 0.191 e. The number of halogens is 1. The molecule has 0 bridgehead atoms. The van der Waals surface area contributed by atoms with E-state index in [0.717, 1.165) is 25.0 Å². The number of guanidine groups is 1. The monoisotopic (exact) mass is 442 g/mol. The van der Waals surface area contributed by atoms with Crippen molar-refractivity contribution in [1.82, 2.24) is 15.5 Å². The van der Waals surface area contributed by atoms with E-state index < -0.39 is 0 Å². The summed E-state index contributed by atoms with van der Waals surface area (Å²) in [6, 6.07) is 10.9. The number of likely N-dealkylation sites (tertiary alicyclic amines) is 1. The minimum atomic E-state index is 0. The van der Waals surface area contributed by atoms with E-state index in [0.29, 0.717) is 5.41 Å². The molecular weight excluding hydrogens is 411 g/mol. The highest BCUT2D eigenvalue weighted by Crippen LogP contribution is 2.43. The lowest BCUT2D eigenvalue weighted by molar-refractivity contribution is 0.243. The third kappa shape index (κ3) is 4.63. The van der Waals surface area contributed by atoms with Crippen LogP contribution in [0.3, 0.4) is 0 Å². The van der Waals surface area contributed by atoms with Gasteiger partial charge >= 0.3 is 0 Å². The number of hydrogen-bond donors (Lipinski definition) is 2. The first-order chi connectivity index (χ1) is 11.2. The van der Waals surface area contributed by atoms with Gasteiger partial charge in [0, 0.05) is 32.1 Å². The molecule has 0 aromatic heterocycles. The molecule has 5 heteroatoms. The lowest BCUT2D eigenvalue weighted by Crippen LogP contribution is -2.49. The van der Waals surface area contributed by atoms with E-state index in [4.69, 9.17) is 0 Å². The third-order valence-corrected chi connectivity index (χ3v) is 5.56. The van der Waals surface area contributed by atoms with Crippen molar-refractivity contribution in [3.8, 4) is 0 Å². The van der Waals surface area contributed by atoms with Crippen LogP contribution in [-0.2, 0) is 5.41 Å². The third-order valence-electron chi connectivity index (χ3n) is 5.56. The second-order valence-electron chi connectivity index (χ2n) is 7.22. The second kappa shape index (κ2) is 9.04. The molecule has 4 nitrogen and oxygen atoms in total. The van der Waals surface area contributed by atoms with Crippen LogP contribution in [0.15, 0.2) is 35.3 Å². The topological polar surface area (TPSA) is 39.7 Å². The largest absolute Gasteiger partial charge is 0.356 e. The first-order valence-electron chi connectivity index (χ1n) is 8.90. The zero-order valence-electron chi connectivity index (χ0n) is 14.9. The van der Waals surface area contributed by atoms with E-state index in [-0.39, 0.29) is 24.0 Å². The standard InChI is InChI=1S/C19H30N4.HI/c1-20-18(21-13-16-9-12-23(2)14-16)22-15-19(10-6-11-19)17-7-4-3-5-8-17;/h3-5,7-8,16H,6,9-15H2,1-2H3,(H2,20,21,22);1H. The predicted octanol–water partition coefficient (Wildman–Crippen LogP) is 2.84. The molecule has 2 fully saturated rings. The van der Waals surface area contributed by atoms with Gasteiger partial charge in [-0.1, -0.05) is 36.8 Å². The van der Waals surface area contributed by atoms with Gasteiger partial charge in [-0.25, -0.2) is 0 Å². The van der Waals surface area contributed by atoms with E-state index in [1.54, 1.807) is 0 Å². The van der Waals surface area contributed by atoms with Crippen LogP contribution in [0.1, 0.15) is 31.2 Å². The zero-order valence-corrected chi connectivity index (χ0v) is 17.3. The van der Waals surface area contributed by atoms with Crippen LogP contribution >= 0.6 is 24.0 Å². The van der Waals surface area contributed by atoms with Crippen LogP contribution in [-0.4, -0.2) is 51.1 Å². The smallest absolute Gasteiger partial charge is 0.191 e. The normalized spacial score (nSPS) is 23.2. The van der Waals surface area contributed by atoms with Crippen molar-refractivity contribution in [3.63, 3.8) is 0 Å². The molecule has 1 atom stereocenters. The maximum absolute atomic E-state index is 4.40. The summed E-state index contributed by atoms with van der Waals surface area (Å²) in [5.74, 6) is 1.69. The molecule has 3 rings (SSSR count). The molecule has 1 saturated heterocycles. The summed E-state index contributed by atoms with van der Waals surface area (Å²) >= 11 is 0. The Labute approximate surface area is 163 Å². The number of nitrogens with one attached hydrogen (secondary N) is 2. The van der Waals surface area contributed by atoms with Crippen molar-refractivity contribution in [1.29, 1.82) is 0 Å². The van der Waals surface area contributed by atoms with Crippen molar-refractivity contribution >= 4 is 29.9 Å². The molecule has 134 valence electrons. The van der Waals surface area contributed by atoms with Crippen molar-refractivity contribution in [2.75, 3.05) is 40.3 Å². The zero-order chi connectivity index (χ0) is 16.1.